The topological polar surface area (TPSA) is 49.7 Å². The second-order valence-corrected chi connectivity index (χ2v) is 8.31. The van der Waals surface area contributed by atoms with Crippen LogP contribution in [0.4, 0.5) is 13.2 Å². The molecule has 6 heteroatoms. The zero-order chi connectivity index (χ0) is 24.9. The number of hydrogen-bond acceptors (Lipinski definition) is 3. The summed E-state index contributed by atoms with van der Waals surface area (Å²) < 4.78 is 49.0. The van der Waals surface area contributed by atoms with E-state index < -0.39 is 29.3 Å². The van der Waals surface area contributed by atoms with Crippen LogP contribution in [0.1, 0.15) is 37.0 Å². The number of ether oxygens (including phenoxy) is 1. The van der Waals surface area contributed by atoms with E-state index in [1.807, 2.05) is 6.92 Å². The Morgan fingerprint density at radius 3 is 1.89 bits per heavy atom. The van der Waals surface area contributed by atoms with E-state index in [1.165, 1.54) is 24.3 Å². The van der Waals surface area contributed by atoms with Crippen molar-refractivity contribution >= 4 is 0 Å². The third kappa shape index (κ3) is 5.49. The Hall–Kier alpha value is -3.77. The molecule has 0 fully saturated rings. The average Bonchev–Trinajstić information content (AvgIpc) is 2.87. The standard InChI is InChI=1S/C29H25F3O3/c1-2-3-26(33)21-7-5-19(6-8-21)23-13-14-24(29(32)28(23)31)20-9-11-22(12-10-20)35-17-18-4-15-27(34)25(30)16-18/h4-16,26,33-34H,2-3,17H2,1H3. The molecule has 180 valence electrons. The van der Waals surface area contributed by atoms with E-state index in [1.54, 1.807) is 54.6 Å². The summed E-state index contributed by atoms with van der Waals surface area (Å²) in [5.74, 6) is -2.58. The van der Waals surface area contributed by atoms with E-state index in [-0.39, 0.29) is 17.7 Å². The molecule has 1 atom stereocenters. The molecule has 4 aromatic rings. The summed E-state index contributed by atoms with van der Waals surface area (Å²) in [7, 11) is 0. The van der Waals surface area contributed by atoms with Gasteiger partial charge in [0, 0.05) is 11.1 Å². The Morgan fingerprint density at radius 2 is 1.34 bits per heavy atom. The second kappa shape index (κ2) is 10.7. The van der Waals surface area contributed by atoms with Crippen LogP contribution in [0.2, 0.25) is 0 Å². The molecule has 0 bridgehead atoms. The Kier molecular flexibility index (Phi) is 7.42. The molecule has 4 aromatic carbocycles. The molecule has 2 N–H and O–H groups in total. The van der Waals surface area contributed by atoms with Gasteiger partial charge in [-0.15, -0.1) is 0 Å². The van der Waals surface area contributed by atoms with Gasteiger partial charge >= 0.3 is 0 Å². The largest absolute Gasteiger partial charge is 0.505 e. The number of phenols is 1. The number of halogens is 3. The lowest BCUT2D eigenvalue weighted by Gasteiger charge is -2.12. The van der Waals surface area contributed by atoms with Gasteiger partial charge in [0.05, 0.1) is 6.10 Å². The van der Waals surface area contributed by atoms with Crippen molar-refractivity contribution in [3.63, 3.8) is 0 Å². The zero-order valence-electron chi connectivity index (χ0n) is 19.1. The molecule has 3 nitrogen and oxygen atoms in total. The number of aliphatic hydroxyl groups excluding tert-OH is 1. The molecule has 0 amide bonds. The molecule has 0 heterocycles. The van der Waals surface area contributed by atoms with Crippen molar-refractivity contribution in [1.82, 2.24) is 0 Å². The second-order valence-electron chi connectivity index (χ2n) is 8.31. The van der Waals surface area contributed by atoms with E-state index in [2.05, 4.69) is 0 Å². The van der Waals surface area contributed by atoms with Crippen molar-refractivity contribution < 1.29 is 28.1 Å². The molecule has 0 aliphatic rings. The minimum absolute atomic E-state index is 0.0858. The van der Waals surface area contributed by atoms with Gasteiger partial charge in [-0.3, -0.25) is 0 Å². The lowest BCUT2D eigenvalue weighted by Crippen LogP contribution is -1.98. The third-order valence-corrected chi connectivity index (χ3v) is 5.83. The minimum Gasteiger partial charge on any atom is -0.505 e. The maximum Gasteiger partial charge on any atom is 0.167 e. The van der Waals surface area contributed by atoms with Gasteiger partial charge in [0.2, 0.25) is 0 Å². The van der Waals surface area contributed by atoms with Crippen LogP contribution in [0.5, 0.6) is 11.5 Å². The molecular formula is C29H25F3O3. The summed E-state index contributed by atoms with van der Waals surface area (Å²) in [5.41, 5.74) is 2.55. The van der Waals surface area contributed by atoms with Gasteiger partial charge in [-0.2, -0.15) is 0 Å². The normalized spacial score (nSPS) is 11.9. The zero-order valence-corrected chi connectivity index (χ0v) is 19.1. The Balaban J connectivity index is 1.49. The van der Waals surface area contributed by atoms with Gasteiger partial charge in [-0.25, -0.2) is 13.2 Å². The van der Waals surface area contributed by atoms with Crippen molar-refractivity contribution in [3.05, 3.63) is 107 Å². The fourth-order valence-electron chi connectivity index (χ4n) is 3.86. The highest BCUT2D eigenvalue weighted by Gasteiger charge is 2.17. The fraction of sp³-hybridized carbons (Fsp3) is 0.172. The SMILES string of the molecule is CCCC(O)c1ccc(-c2ccc(-c3ccc(OCc4ccc(O)c(F)c4)cc3)c(F)c2F)cc1. The predicted octanol–water partition coefficient (Wildman–Crippen LogP) is 7.56. The molecule has 0 saturated heterocycles. The molecule has 0 saturated carbocycles. The number of hydrogen-bond donors (Lipinski definition) is 2. The fourth-order valence-corrected chi connectivity index (χ4v) is 3.86. The highest BCUT2D eigenvalue weighted by atomic mass is 19.2. The van der Waals surface area contributed by atoms with Gasteiger partial charge < -0.3 is 14.9 Å². The lowest BCUT2D eigenvalue weighted by molar-refractivity contribution is 0.166. The summed E-state index contributed by atoms with van der Waals surface area (Å²) in [6.07, 6.45) is 0.901. The summed E-state index contributed by atoms with van der Waals surface area (Å²) in [6, 6.07) is 20.4. The van der Waals surface area contributed by atoms with Crippen molar-refractivity contribution in [2.75, 3.05) is 0 Å². The number of benzene rings is 4. The first-order chi connectivity index (χ1) is 16.9. The van der Waals surface area contributed by atoms with Crippen molar-refractivity contribution in [1.29, 1.82) is 0 Å². The monoisotopic (exact) mass is 478 g/mol. The quantitative estimate of drug-likeness (QED) is 0.275. The van der Waals surface area contributed by atoms with Crippen LogP contribution in [-0.2, 0) is 6.61 Å². The van der Waals surface area contributed by atoms with E-state index >= 15 is 0 Å². The van der Waals surface area contributed by atoms with E-state index in [4.69, 9.17) is 4.74 Å². The third-order valence-electron chi connectivity index (χ3n) is 5.83. The summed E-state index contributed by atoms with van der Waals surface area (Å²) >= 11 is 0. The van der Waals surface area contributed by atoms with E-state index in [0.29, 0.717) is 28.9 Å². The molecule has 0 aromatic heterocycles. The molecule has 35 heavy (non-hydrogen) atoms. The maximum atomic E-state index is 15.0. The minimum atomic E-state index is -0.953. The Labute approximate surface area is 202 Å². The van der Waals surface area contributed by atoms with E-state index in [0.717, 1.165) is 12.0 Å². The van der Waals surface area contributed by atoms with Crippen LogP contribution >= 0.6 is 0 Å². The summed E-state index contributed by atoms with van der Waals surface area (Å²) in [4.78, 5) is 0. The first kappa shape index (κ1) is 24.4. The number of rotatable bonds is 8. The number of aromatic hydroxyl groups is 1. The van der Waals surface area contributed by atoms with Gasteiger partial charge in [0.1, 0.15) is 12.4 Å². The van der Waals surface area contributed by atoms with Crippen molar-refractivity contribution in [2.45, 2.75) is 32.5 Å². The molecule has 0 spiro atoms. The molecule has 4 rings (SSSR count). The average molecular weight is 479 g/mol. The highest BCUT2D eigenvalue weighted by molar-refractivity contribution is 5.72. The van der Waals surface area contributed by atoms with Crippen LogP contribution in [-0.4, -0.2) is 10.2 Å². The number of aliphatic hydroxyl groups is 1. The van der Waals surface area contributed by atoms with E-state index in [9.17, 15) is 23.4 Å². The summed E-state index contributed by atoms with van der Waals surface area (Å²) in [5, 5.41) is 19.4. The van der Waals surface area contributed by atoms with Crippen LogP contribution < -0.4 is 4.74 Å². The molecule has 0 aliphatic heterocycles. The molecule has 1 unspecified atom stereocenters. The molecular weight excluding hydrogens is 453 g/mol. The summed E-state index contributed by atoms with van der Waals surface area (Å²) in [6.45, 7) is 2.07. The Bertz CT molecular complexity index is 1300. The van der Waals surface area contributed by atoms with Crippen LogP contribution in [0.25, 0.3) is 22.3 Å². The van der Waals surface area contributed by atoms with Crippen molar-refractivity contribution in [3.8, 4) is 33.8 Å². The first-order valence-electron chi connectivity index (χ1n) is 11.3. The highest BCUT2D eigenvalue weighted by Crippen LogP contribution is 2.33. The predicted molar refractivity (Wildman–Crippen MR) is 129 cm³/mol. The lowest BCUT2D eigenvalue weighted by atomic mass is 9.97. The van der Waals surface area contributed by atoms with Crippen LogP contribution in [0.15, 0.2) is 78.9 Å². The first-order valence-corrected chi connectivity index (χ1v) is 11.3. The molecule has 0 radical (unpaired) electrons. The number of phenolic OH excluding ortho intramolecular Hbond substituents is 1. The molecule has 0 aliphatic carbocycles. The Morgan fingerprint density at radius 1 is 0.771 bits per heavy atom. The van der Waals surface area contributed by atoms with Crippen LogP contribution in [0, 0.1) is 17.5 Å². The maximum absolute atomic E-state index is 15.0. The van der Waals surface area contributed by atoms with Crippen molar-refractivity contribution in [2.24, 2.45) is 0 Å². The van der Waals surface area contributed by atoms with Gasteiger partial charge in [0.15, 0.2) is 23.2 Å². The van der Waals surface area contributed by atoms with Gasteiger partial charge in [-0.1, -0.05) is 67.9 Å². The smallest absolute Gasteiger partial charge is 0.167 e. The van der Waals surface area contributed by atoms with Gasteiger partial charge in [-0.05, 0) is 52.9 Å². The van der Waals surface area contributed by atoms with Crippen LogP contribution in [0.3, 0.4) is 0 Å². The van der Waals surface area contributed by atoms with Gasteiger partial charge in [0.25, 0.3) is 0 Å².